The molecule has 0 saturated carbocycles. The maximum absolute atomic E-state index is 13.1. The standard InChI is InChI=1S/C24H22ClN3O6S/c1-2-34-24(30)21-18(15-3-6-17(25)7-4-15)14-35-23(21)26-22(29)16-5-8-19(20(13-16)28(31)32)27-9-11-33-12-10-27/h3-8,13-14H,2,9-12H2,1H3,(H,26,29). The number of nitro groups is 1. The average Bonchev–Trinajstić information content (AvgIpc) is 3.28. The lowest BCUT2D eigenvalue weighted by Gasteiger charge is -2.28. The van der Waals surface area contributed by atoms with Gasteiger partial charge in [-0.1, -0.05) is 23.7 Å². The van der Waals surface area contributed by atoms with Crippen molar-refractivity contribution in [3.63, 3.8) is 0 Å². The van der Waals surface area contributed by atoms with Crippen LogP contribution in [0.3, 0.4) is 0 Å². The summed E-state index contributed by atoms with van der Waals surface area (Å²) in [7, 11) is 0. The number of anilines is 2. The van der Waals surface area contributed by atoms with Crippen molar-refractivity contribution >= 4 is 51.2 Å². The summed E-state index contributed by atoms with van der Waals surface area (Å²) >= 11 is 7.15. The fraction of sp³-hybridized carbons (Fsp3) is 0.250. The van der Waals surface area contributed by atoms with E-state index in [-0.39, 0.29) is 23.4 Å². The first-order valence-corrected chi connectivity index (χ1v) is 12.1. The van der Waals surface area contributed by atoms with E-state index in [1.807, 2.05) is 4.90 Å². The molecule has 1 fully saturated rings. The van der Waals surface area contributed by atoms with E-state index in [0.717, 1.165) is 5.56 Å². The summed E-state index contributed by atoms with van der Waals surface area (Å²) in [6, 6.07) is 11.3. The molecule has 1 aromatic heterocycles. The second kappa shape index (κ2) is 10.9. The first-order valence-electron chi connectivity index (χ1n) is 10.9. The number of morpholine rings is 1. The number of carbonyl (C=O) groups excluding carboxylic acids is 2. The molecule has 0 aliphatic carbocycles. The van der Waals surface area contributed by atoms with Crippen molar-refractivity contribution in [1.29, 1.82) is 0 Å². The molecular formula is C24H22ClN3O6S. The molecule has 0 spiro atoms. The SMILES string of the molecule is CCOC(=O)c1c(-c2ccc(Cl)cc2)csc1NC(=O)c1ccc(N2CCOCC2)c([N+](=O)[O-])c1. The van der Waals surface area contributed by atoms with Gasteiger partial charge in [-0.2, -0.15) is 0 Å². The Morgan fingerprint density at radius 3 is 2.57 bits per heavy atom. The minimum Gasteiger partial charge on any atom is -0.462 e. The van der Waals surface area contributed by atoms with E-state index in [9.17, 15) is 19.7 Å². The fourth-order valence-electron chi connectivity index (χ4n) is 3.76. The lowest BCUT2D eigenvalue weighted by Crippen LogP contribution is -2.36. The summed E-state index contributed by atoms with van der Waals surface area (Å²) in [4.78, 5) is 38.9. The zero-order valence-electron chi connectivity index (χ0n) is 18.8. The van der Waals surface area contributed by atoms with Gasteiger partial charge in [0.05, 0.1) is 24.7 Å². The topological polar surface area (TPSA) is 111 Å². The van der Waals surface area contributed by atoms with Crippen LogP contribution in [0.15, 0.2) is 47.8 Å². The van der Waals surface area contributed by atoms with Crippen molar-refractivity contribution in [3.8, 4) is 11.1 Å². The molecule has 9 nitrogen and oxygen atoms in total. The molecule has 35 heavy (non-hydrogen) atoms. The first kappa shape index (κ1) is 24.6. The van der Waals surface area contributed by atoms with Crippen LogP contribution in [0.2, 0.25) is 5.02 Å². The number of esters is 1. The second-order valence-corrected chi connectivity index (χ2v) is 8.91. The Balaban J connectivity index is 1.65. The number of rotatable bonds is 7. The van der Waals surface area contributed by atoms with Gasteiger partial charge in [-0.15, -0.1) is 11.3 Å². The van der Waals surface area contributed by atoms with Gasteiger partial charge in [-0.3, -0.25) is 14.9 Å². The number of amides is 1. The van der Waals surface area contributed by atoms with Crippen LogP contribution in [0.4, 0.5) is 16.4 Å². The van der Waals surface area contributed by atoms with Gasteiger partial charge < -0.3 is 19.7 Å². The van der Waals surface area contributed by atoms with Crippen LogP contribution in [-0.2, 0) is 9.47 Å². The molecule has 0 unspecified atom stereocenters. The molecule has 3 aromatic rings. The zero-order valence-corrected chi connectivity index (χ0v) is 20.4. The number of hydrogen-bond donors (Lipinski definition) is 1. The van der Waals surface area contributed by atoms with Gasteiger partial charge in [0.1, 0.15) is 16.3 Å². The Labute approximate surface area is 210 Å². The van der Waals surface area contributed by atoms with Gasteiger partial charge in [-0.25, -0.2) is 4.79 Å². The third-order valence-electron chi connectivity index (χ3n) is 5.44. The Morgan fingerprint density at radius 1 is 1.20 bits per heavy atom. The van der Waals surface area contributed by atoms with E-state index in [0.29, 0.717) is 47.6 Å². The molecule has 1 amide bonds. The smallest absolute Gasteiger partial charge is 0.341 e. The number of nitrogens with zero attached hydrogens (tertiary/aromatic N) is 2. The summed E-state index contributed by atoms with van der Waals surface area (Å²) in [6.07, 6.45) is 0. The zero-order chi connectivity index (χ0) is 24.9. The first-order chi connectivity index (χ1) is 16.9. The predicted octanol–water partition coefficient (Wildman–Crippen LogP) is 5.24. The van der Waals surface area contributed by atoms with Crippen molar-refractivity contribution in [3.05, 3.63) is 74.1 Å². The van der Waals surface area contributed by atoms with E-state index in [2.05, 4.69) is 5.32 Å². The van der Waals surface area contributed by atoms with Gasteiger partial charge in [0, 0.05) is 40.7 Å². The Kier molecular flexibility index (Phi) is 7.64. The largest absolute Gasteiger partial charge is 0.462 e. The second-order valence-electron chi connectivity index (χ2n) is 7.60. The number of nitrogens with one attached hydrogen (secondary N) is 1. The molecule has 1 aliphatic rings. The molecule has 182 valence electrons. The molecule has 4 rings (SSSR count). The van der Waals surface area contributed by atoms with Gasteiger partial charge in [-0.05, 0) is 36.8 Å². The third-order valence-corrected chi connectivity index (χ3v) is 6.59. The minimum atomic E-state index is -0.581. The molecular weight excluding hydrogens is 494 g/mol. The number of thiophene rings is 1. The van der Waals surface area contributed by atoms with Gasteiger partial charge in [0.25, 0.3) is 11.6 Å². The minimum absolute atomic E-state index is 0.102. The number of halogens is 1. The van der Waals surface area contributed by atoms with E-state index in [1.165, 1.54) is 23.5 Å². The van der Waals surface area contributed by atoms with E-state index in [4.69, 9.17) is 21.1 Å². The highest BCUT2D eigenvalue weighted by Crippen LogP contribution is 2.37. The molecule has 2 aromatic carbocycles. The summed E-state index contributed by atoms with van der Waals surface area (Å²) in [5.74, 6) is -1.15. The van der Waals surface area contributed by atoms with E-state index in [1.54, 1.807) is 42.6 Å². The van der Waals surface area contributed by atoms with Crippen LogP contribution in [-0.4, -0.2) is 49.7 Å². The van der Waals surface area contributed by atoms with Gasteiger partial charge in [0.15, 0.2) is 0 Å². The van der Waals surface area contributed by atoms with Crippen LogP contribution < -0.4 is 10.2 Å². The quantitative estimate of drug-likeness (QED) is 0.260. The summed E-state index contributed by atoms with van der Waals surface area (Å²) in [5.41, 5.74) is 1.91. The monoisotopic (exact) mass is 515 g/mol. The van der Waals surface area contributed by atoms with Crippen LogP contribution in [0, 0.1) is 10.1 Å². The van der Waals surface area contributed by atoms with Crippen LogP contribution >= 0.6 is 22.9 Å². The number of ether oxygens (including phenoxy) is 2. The third kappa shape index (κ3) is 5.45. The van der Waals surface area contributed by atoms with Crippen molar-refractivity contribution in [2.75, 3.05) is 43.1 Å². The summed E-state index contributed by atoms with van der Waals surface area (Å²) in [5, 5.41) is 17.1. The molecule has 0 radical (unpaired) electrons. The molecule has 2 heterocycles. The predicted molar refractivity (Wildman–Crippen MR) is 135 cm³/mol. The highest BCUT2D eigenvalue weighted by Gasteiger charge is 2.26. The van der Waals surface area contributed by atoms with Crippen LogP contribution in [0.25, 0.3) is 11.1 Å². The highest BCUT2D eigenvalue weighted by molar-refractivity contribution is 7.15. The molecule has 1 aliphatic heterocycles. The van der Waals surface area contributed by atoms with Crippen LogP contribution in [0.1, 0.15) is 27.6 Å². The normalized spacial score (nSPS) is 13.4. The molecule has 1 N–H and O–H groups in total. The highest BCUT2D eigenvalue weighted by atomic mass is 35.5. The average molecular weight is 516 g/mol. The van der Waals surface area contributed by atoms with Crippen molar-refractivity contribution in [2.45, 2.75) is 6.92 Å². The van der Waals surface area contributed by atoms with Gasteiger partial charge >= 0.3 is 5.97 Å². The Bertz CT molecular complexity index is 1250. The number of hydrogen-bond acceptors (Lipinski definition) is 8. The number of benzene rings is 2. The molecule has 0 bridgehead atoms. The fourth-order valence-corrected chi connectivity index (χ4v) is 4.83. The Morgan fingerprint density at radius 2 is 1.91 bits per heavy atom. The Hall–Kier alpha value is -3.47. The molecule has 0 atom stereocenters. The number of carbonyl (C=O) groups is 2. The lowest BCUT2D eigenvalue weighted by atomic mass is 10.0. The maximum Gasteiger partial charge on any atom is 0.341 e. The lowest BCUT2D eigenvalue weighted by molar-refractivity contribution is -0.384. The maximum atomic E-state index is 13.1. The summed E-state index contributed by atoms with van der Waals surface area (Å²) < 4.78 is 10.5. The van der Waals surface area contributed by atoms with E-state index < -0.39 is 16.8 Å². The van der Waals surface area contributed by atoms with Crippen molar-refractivity contribution in [2.24, 2.45) is 0 Å². The molecule has 11 heteroatoms. The van der Waals surface area contributed by atoms with Crippen molar-refractivity contribution in [1.82, 2.24) is 0 Å². The summed E-state index contributed by atoms with van der Waals surface area (Å²) in [6.45, 7) is 3.86. The van der Waals surface area contributed by atoms with E-state index >= 15 is 0 Å². The number of nitro benzene ring substituents is 1. The van der Waals surface area contributed by atoms with Crippen molar-refractivity contribution < 1.29 is 24.0 Å². The van der Waals surface area contributed by atoms with Crippen LogP contribution in [0.5, 0.6) is 0 Å². The molecule has 1 saturated heterocycles. The van der Waals surface area contributed by atoms with Gasteiger partial charge in [0.2, 0.25) is 0 Å².